The number of Topliss-reactive ketones (excluding diaryl/α,β-unsaturated/α-hetero) is 1. The zero-order valence-corrected chi connectivity index (χ0v) is 11.6. The van der Waals surface area contributed by atoms with Crippen LogP contribution >= 0.6 is 0 Å². The van der Waals surface area contributed by atoms with Crippen LogP contribution in [0.1, 0.15) is 29.8 Å². The van der Waals surface area contributed by atoms with Crippen LogP contribution in [0.5, 0.6) is 0 Å². The van der Waals surface area contributed by atoms with Crippen LogP contribution in [0.4, 0.5) is 0 Å². The third kappa shape index (κ3) is 3.85. The van der Waals surface area contributed by atoms with Crippen molar-refractivity contribution in [3.8, 4) is 0 Å². The number of ketones is 1. The Hall–Kier alpha value is -0.520. The van der Waals surface area contributed by atoms with Gasteiger partial charge in [0.05, 0.1) is 0 Å². The molecule has 0 aliphatic carbocycles. The average molecular weight is 320 g/mol. The van der Waals surface area contributed by atoms with Crippen molar-refractivity contribution in [1.29, 1.82) is 0 Å². The standard InChI is InChI=1S/C12H16O2Te/c1-9(15(3)14)8-11-4-6-12(7-5-11)10(2)13/h4-7,9H,8H2,1-3H3. The third-order valence-corrected chi connectivity index (χ3v) is 6.16. The number of rotatable bonds is 4. The Kier molecular flexibility index (Phi) is 4.63. The Morgan fingerprint density at radius 1 is 1.33 bits per heavy atom. The number of hydrogen-bond donors (Lipinski definition) is 0. The van der Waals surface area contributed by atoms with Crippen LogP contribution in [0.2, 0.25) is 8.94 Å². The van der Waals surface area contributed by atoms with E-state index in [0.717, 1.165) is 17.5 Å². The molecule has 1 atom stereocenters. The molecule has 1 unspecified atom stereocenters. The van der Waals surface area contributed by atoms with Crippen LogP contribution in [0.15, 0.2) is 24.3 Å². The fourth-order valence-electron chi connectivity index (χ4n) is 1.32. The van der Waals surface area contributed by atoms with Crippen LogP contribution in [0, 0.1) is 0 Å². The van der Waals surface area contributed by atoms with Gasteiger partial charge in [-0.05, 0) is 0 Å². The van der Waals surface area contributed by atoms with Gasteiger partial charge in [-0.15, -0.1) is 0 Å². The first kappa shape index (κ1) is 12.5. The Balaban J connectivity index is 2.72. The molecule has 0 saturated carbocycles. The van der Waals surface area contributed by atoms with Gasteiger partial charge < -0.3 is 0 Å². The molecule has 3 heteroatoms. The summed E-state index contributed by atoms with van der Waals surface area (Å²) in [4.78, 5) is 12.9. The summed E-state index contributed by atoms with van der Waals surface area (Å²) < 4.78 is 11.6. The van der Waals surface area contributed by atoms with Gasteiger partial charge in [0, 0.05) is 0 Å². The molecule has 0 aliphatic rings. The molecule has 0 saturated heterocycles. The van der Waals surface area contributed by atoms with Gasteiger partial charge in [0.15, 0.2) is 0 Å². The van der Waals surface area contributed by atoms with Crippen molar-refractivity contribution in [2.24, 2.45) is 0 Å². The molecule has 0 fully saturated rings. The van der Waals surface area contributed by atoms with Gasteiger partial charge in [-0.25, -0.2) is 0 Å². The third-order valence-electron chi connectivity index (χ3n) is 2.45. The molecule has 2 nitrogen and oxygen atoms in total. The summed E-state index contributed by atoms with van der Waals surface area (Å²) in [5, 5.41) is 0. The first-order valence-electron chi connectivity index (χ1n) is 4.93. The zero-order valence-electron chi connectivity index (χ0n) is 9.32. The first-order chi connectivity index (χ1) is 7.00. The van der Waals surface area contributed by atoms with Crippen LogP contribution in [0.25, 0.3) is 0 Å². The van der Waals surface area contributed by atoms with E-state index in [9.17, 15) is 7.90 Å². The van der Waals surface area contributed by atoms with Gasteiger partial charge in [0.2, 0.25) is 0 Å². The van der Waals surface area contributed by atoms with E-state index in [1.54, 1.807) is 6.92 Å². The maximum absolute atomic E-state index is 11.3. The normalized spacial score (nSPS) is 12.8. The topological polar surface area (TPSA) is 34.1 Å². The summed E-state index contributed by atoms with van der Waals surface area (Å²) in [6, 6.07) is 7.58. The molecule has 1 rings (SSSR count). The monoisotopic (exact) mass is 322 g/mol. The second-order valence-electron chi connectivity index (χ2n) is 3.77. The molecule has 15 heavy (non-hydrogen) atoms. The molecule has 1 aromatic carbocycles. The molecule has 0 N–H and O–H groups in total. The summed E-state index contributed by atoms with van der Waals surface area (Å²) in [5.74, 6) is 0.0864. The summed E-state index contributed by atoms with van der Waals surface area (Å²) >= 11 is -2.06. The summed E-state index contributed by atoms with van der Waals surface area (Å²) in [6.07, 6.45) is 0.856. The predicted octanol–water partition coefficient (Wildman–Crippen LogP) is 2.87. The van der Waals surface area contributed by atoms with Gasteiger partial charge in [-0.3, -0.25) is 0 Å². The van der Waals surface area contributed by atoms with Crippen molar-refractivity contribution in [3.63, 3.8) is 0 Å². The van der Waals surface area contributed by atoms with Crippen molar-refractivity contribution >= 4 is 25.3 Å². The zero-order chi connectivity index (χ0) is 11.4. The van der Waals surface area contributed by atoms with Crippen molar-refractivity contribution in [2.75, 3.05) is 0 Å². The molecular weight excluding hydrogens is 304 g/mol. The minimum atomic E-state index is -2.06. The van der Waals surface area contributed by atoms with Gasteiger partial charge in [-0.2, -0.15) is 0 Å². The Bertz CT molecular complexity index is 368. The molecule has 0 bridgehead atoms. The van der Waals surface area contributed by atoms with Crippen LogP contribution in [0.3, 0.4) is 0 Å². The van der Waals surface area contributed by atoms with Gasteiger partial charge in [-0.1, -0.05) is 0 Å². The van der Waals surface area contributed by atoms with Gasteiger partial charge >= 0.3 is 97.8 Å². The number of benzene rings is 1. The van der Waals surface area contributed by atoms with Gasteiger partial charge in [0.25, 0.3) is 0 Å². The summed E-state index contributed by atoms with van der Waals surface area (Å²) in [5.41, 5.74) is 1.90. The van der Waals surface area contributed by atoms with E-state index >= 15 is 0 Å². The number of carbonyl (C=O) groups excluding carboxylic acids is 1. The SMILES string of the molecule is CC(=O)c1ccc(CC(C)[Te](C)=O)cc1. The van der Waals surface area contributed by atoms with Gasteiger partial charge in [0.1, 0.15) is 0 Å². The second-order valence-corrected chi connectivity index (χ2v) is 8.91. The Labute approximate surface area is 97.7 Å². The van der Waals surface area contributed by atoms with Crippen LogP contribution in [-0.2, 0) is 9.53 Å². The molecule has 0 aliphatic heterocycles. The summed E-state index contributed by atoms with van der Waals surface area (Å²) in [7, 11) is 0. The maximum atomic E-state index is 11.3. The first-order valence-corrected chi connectivity index (χ1v) is 9.55. The van der Waals surface area contributed by atoms with E-state index in [-0.39, 0.29) is 5.78 Å². The molecule has 0 radical (unpaired) electrons. The fraction of sp³-hybridized carbons (Fsp3) is 0.417. The minimum absolute atomic E-state index is 0.0864. The van der Waals surface area contributed by atoms with E-state index in [1.807, 2.05) is 36.2 Å². The van der Waals surface area contributed by atoms with E-state index in [2.05, 4.69) is 0 Å². The fourth-order valence-corrected chi connectivity index (χ4v) is 2.54. The molecule has 1 aromatic rings. The van der Waals surface area contributed by atoms with Crippen molar-refractivity contribution in [1.82, 2.24) is 0 Å². The predicted molar refractivity (Wildman–Crippen MR) is 61.9 cm³/mol. The van der Waals surface area contributed by atoms with Crippen LogP contribution in [-0.4, -0.2) is 25.3 Å². The molecular formula is C12H16O2Te. The molecule has 0 heterocycles. The van der Waals surface area contributed by atoms with E-state index in [4.69, 9.17) is 0 Å². The van der Waals surface area contributed by atoms with E-state index in [1.165, 1.54) is 0 Å². The molecule has 0 aromatic heterocycles. The van der Waals surface area contributed by atoms with Crippen molar-refractivity contribution in [2.45, 2.75) is 29.2 Å². The Morgan fingerprint density at radius 3 is 2.27 bits per heavy atom. The molecule has 0 spiro atoms. The number of carbonyl (C=O) groups is 1. The second kappa shape index (κ2) is 5.53. The van der Waals surface area contributed by atoms with Crippen molar-refractivity contribution in [3.05, 3.63) is 35.4 Å². The Morgan fingerprint density at radius 2 is 1.87 bits per heavy atom. The quantitative estimate of drug-likeness (QED) is 0.631. The summed E-state index contributed by atoms with van der Waals surface area (Å²) in [6.45, 7) is 3.59. The average Bonchev–Trinajstić information content (AvgIpc) is 2.18. The van der Waals surface area contributed by atoms with Crippen molar-refractivity contribution < 1.29 is 7.90 Å². The number of hydrogen-bond acceptors (Lipinski definition) is 2. The molecule has 0 amide bonds. The van der Waals surface area contributed by atoms with E-state index in [0.29, 0.717) is 3.97 Å². The van der Waals surface area contributed by atoms with Crippen LogP contribution < -0.4 is 0 Å². The van der Waals surface area contributed by atoms with E-state index < -0.39 is 19.5 Å². The molecule has 82 valence electrons.